The van der Waals surface area contributed by atoms with Crippen molar-refractivity contribution in [2.45, 2.75) is 64.0 Å². The van der Waals surface area contributed by atoms with Gasteiger partial charge >= 0.3 is 0 Å². The first-order valence-electron chi connectivity index (χ1n) is 8.28. The quantitative estimate of drug-likeness (QED) is 0.831. The lowest BCUT2D eigenvalue weighted by Crippen LogP contribution is -2.62. The van der Waals surface area contributed by atoms with Gasteiger partial charge in [0, 0.05) is 31.3 Å². The summed E-state index contributed by atoms with van der Waals surface area (Å²) in [5.41, 5.74) is 0.487. The molecule has 3 rings (SSSR count). The lowest BCUT2D eigenvalue weighted by Gasteiger charge is -2.54. The van der Waals surface area contributed by atoms with Crippen LogP contribution in [0, 0.1) is 11.3 Å². The molecule has 3 fully saturated rings. The second-order valence-corrected chi connectivity index (χ2v) is 6.66. The Morgan fingerprint density at radius 2 is 1.95 bits per heavy atom. The zero-order chi connectivity index (χ0) is 13.1. The Morgan fingerprint density at radius 1 is 1.21 bits per heavy atom. The van der Waals surface area contributed by atoms with Gasteiger partial charge in [0.05, 0.1) is 6.10 Å². The molecule has 1 spiro atoms. The van der Waals surface area contributed by atoms with E-state index in [-0.39, 0.29) is 0 Å². The molecule has 19 heavy (non-hydrogen) atoms. The largest absolute Gasteiger partial charge is 0.381 e. The molecule has 0 aromatic carbocycles. The van der Waals surface area contributed by atoms with Gasteiger partial charge in [0.2, 0.25) is 0 Å². The molecule has 0 aromatic rings. The zero-order valence-corrected chi connectivity index (χ0v) is 12.3. The zero-order valence-electron chi connectivity index (χ0n) is 12.3. The van der Waals surface area contributed by atoms with E-state index in [9.17, 15) is 0 Å². The molecule has 1 aliphatic heterocycles. The van der Waals surface area contributed by atoms with Crippen molar-refractivity contribution in [2.75, 3.05) is 26.4 Å². The second-order valence-electron chi connectivity index (χ2n) is 6.66. The average molecular weight is 267 g/mol. The van der Waals surface area contributed by atoms with Crippen LogP contribution >= 0.6 is 0 Å². The highest BCUT2D eigenvalue weighted by molar-refractivity contribution is 5.09. The minimum Gasteiger partial charge on any atom is -0.381 e. The Balaban J connectivity index is 1.50. The Morgan fingerprint density at radius 3 is 2.63 bits per heavy atom. The lowest BCUT2D eigenvalue weighted by molar-refractivity contribution is -0.145. The van der Waals surface area contributed by atoms with Crippen molar-refractivity contribution in [2.24, 2.45) is 11.3 Å². The number of rotatable bonds is 5. The Labute approximate surface area is 117 Å². The summed E-state index contributed by atoms with van der Waals surface area (Å²) in [7, 11) is 0. The average Bonchev–Trinajstić information content (AvgIpc) is 2.95. The summed E-state index contributed by atoms with van der Waals surface area (Å²) >= 11 is 0. The third-order valence-corrected chi connectivity index (χ3v) is 5.64. The highest BCUT2D eigenvalue weighted by atomic mass is 16.5. The van der Waals surface area contributed by atoms with Crippen molar-refractivity contribution in [3.05, 3.63) is 0 Å². The van der Waals surface area contributed by atoms with Gasteiger partial charge in [-0.2, -0.15) is 0 Å². The standard InChI is InChI=1S/C16H29NO2/c1-2-17-14-11-15(16(14)7-3-4-8-16)19-12-13-5-9-18-10-6-13/h13-15,17H,2-12H2,1H3. The lowest BCUT2D eigenvalue weighted by atomic mass is 9.60. The molecule has 0 amide bonds. The van der Waals surface area contributed by atoms with Crippen LogP contribution in [0.25, 0.3) is 0 Å². The smallest absolute Gasteiger partial charge is 0.0661 e. The van der Waals surface area contributed by atoms with Crippen molar-refractivity contribution >= 4 is 0 Å². The normalized spacial score (nSPS) is 34.6. The molecule has 0 radical (unpaired) electrons. The number of hydrogen-bond acceptors (Lipinski definition) is 3. The fraction of sp³-hybridized carbons (Fsp3) is 1.00. The summed E-state index contributed by atoms with van der Waals surface area (Å²) in [6.07, 6.45) is 9.70. The molecule has 0 bridgehead atoms. The summed E-state index contributed by atoms with van der Waals surface area (Å²) in [4.78, 5) is 0. The summed E-state index contributed by atoms with van der Waals surface area (Å²) < 4.78 is 11.8. The maximum absolute atomic E-state index is 6.34. The highest BCUT2D eigenvalue weighted by Crippen LogP contribution is 2.54. The van der Waals surface area contributed by atoms with Gasteiger partial charge in [0.25, 0.3) is 0 Å². The summed E-state index contributed by atoms with van der Waals surface area (Å²) in [6.45, 7) is 6.15. The molecule has 0 aromatic heterocycles. The van der Waals surface area contributed by atoms with Crippen LogP contribution in [0.1, 0.15) is 51.9 Å². The topological polar surface area (TPSA) is 30.5 Å². The minimum absolute atomic E-state index is 0.487. The van der Waals surface area contributed by atoms with Crippen LogP contribution in [-0.2, 0) is 9.47 Å². The summed E-state index contributed by atoms with van der Waals surface area (Å²) in [5.74, 6) is 0.741. The van der Waals surface area contributed by atoms with Gasteiger partial charge < -0.3 is 14.8 Å². The van der Waals surface area contributed by atoms with Crippen LogP contribution < -0.4 is 5.32 Å². The number of nitrogens with one attached hydrogen (secondary N) is 1. The predicted molar refractivity (Wildman–Crippen MR) is 76.3 cm³/mol. The molecule has 3 heteroatoms. The Kier molecular flexibility index (Phi) is 4.45. The third kappa shape index (κ3) is 2.70. The van der Waals surface area contributed by atoms with Gasteiger partial charge in [-0.05, 0) is 44.6 Å². The second kappa shape index (κ2) is 6.11. The first-order chi connectivity index (χ1) is 9.35. The Bertz CT molecular complexity index is 282. The molecule has 2 unspecified atom stereocenters. The van der Waals surface area contributed by atoms with Crippen molar-refractivity contribution in [1.82, 2.24) is 5.32 Å². The summed E-state index contributed by atoms with van der Waals surface area (Å²) in [6, 6.07) is 0.722. The monoisotopic (exact) mass is 267 g/mol. The van der Waals surface area contributed by atoms with E-state index in [1.165, 1.54) is 44.9 Å². The van der Waals surface area contributed by atoms with E-state index >= 15 is 0 Å². The molecule has 1 heterocycles. The van der Waals surface area contributed by atoms with E-state index in [1.54, 1.807) is 0 Å². The first-order valence-corrected chi connectivity index (χ1v) is 8.28. The van der Waals surface area contributed by atoms with Gasteiger partial charge in [-0.15, -0.1) is 0 Å². The van der Waals surface area contributed by atoms with E-state index in [4.69, 9.17) is 9.47 Å². The maximum atomic E-state index is 6.34. The van der Waals surface area contributed by atoms with Gasteiger partial charge in [-0.25, -0.2) is 0 Å². The number of hydrogen-bond donors (Lipinski definition) is 1. The van der Waals surface area contributed by atoms with Gasteiger partial charge in [-0.3, -0.25) is 0 Å². The van der Waals surface area contributed by atoms with E-state index in [1.807, 2.05) is 0 Å². The maximum Gasteiger partial charge on any atom is 0.0661 e. The van der Waals surface area contributed by atoms with Crippen molar-refractivity contribution in [3.8, 4) is 0 Å². The van der Waals surface area contributed by atoms with Crippen LogP contribution in [0.2, 0.25) is 0 Å². The van der Waals surface area contributed by atoms with Crippen LogP contribution in [0.15, 0.2) is 0 Å². The van der Waals surface area contributed by atoms with Crippen LogP contribution in [0.4, 0.5) is 0 Å². The predicted octanol–water partition coefficient (Wildman–Crippen LogP) is 2.74. The van der Waals surface area contributed by atoms with E-state index < -0.39 is 0 Å². The minimum atomic E-state index is 0.487. The van der Waals surface area contributed by atoms with Crippen LogP contribution in [0.3, 0.4) is 0 Å². The fourth-order valence-electron chi connectivity index (χ4n) is 4.38. The summed E-state index contributed by atoms with van der Waals surface area (Å²) in [5, 5.41) is 3.68. The molecule has 2 saturated carbocycles. The van der Waals surface area contributed by atoms with Crippen LogP contribution in [0.5, 0.6) is 0 Å². The van der Waals surface area contributed by atoms with E-state index in [0.29, 0.717) is 11.5 Å². The molecule has 3 aliphatic rings. The number of ether oxygens (including phenoxy) is 2. The molecule has 2 atom stereocenters. The molecule has 3 nitrogen and oxygen atoms in total. The molecule has 2 aliphatic carbocycles. The van der Waals surface area contributed by atoms with Gasteiger partial charge in [0.1, 0.15) is 0 Å². The molecular formula is C16H29NO2. The van der Waals surface area contributed by atoms with E-state index in [0.717, 1.165) is 38.3 Å². The SMILES string of the molecule is CCNC1CC(OCC2CCOCC2)C12CCCC2. The Hall–Kier alpha value is -0.120. The van der Waals surface area contributed by atoms with Crippen molar-refractivity contribution < 1.29 is 9.47 Å². The third-order valence-electron chi connectivity index (χ3n) is 5.64. The van der Waals surface area contributed by atoms with Gasteiger partial charge in [-0.1, -0.05) is 19.8 Å². The molecule has 1 saturated heterocycles. The van der Waals surface area contributed by atoms with E-state index in [2.05, 4.69) is 12.2 Å². The first kappa shape index (κ1) is 13.8. The van der Waals surface area contributed by atoms with Crippen LogP contribution in [-0.4, -0.2) is 38.5 Å². The molecule has 1 N–H and O–H groups in total. The van der Waals surface area contributed by atoms with Gasteiger partial charge in [0.15, 0.2) is 0 Å². The van der Waals surface area contributed by atoms with Crippen molar-refractivity contribution in [3.63, 3.8) is 0 Å². The molecular weight excluding hydrogens is 238 g/mol. The fourth-order valence-corrected chi connectivity index (χ4v) is 4.38. The molecule has 110 valence electrons. The van der Waals surface area contributed by atoms with Crippen molar-refractivity contribution in [1.29, 1.82) is 0 Å². The highest BCUT2D eigenvalue weighted by Gasteiger charge is 2.56.